The van der Waals surface area contributed by atoms with E-state index >= 15 is 0 Å². The number of rotatable bonds is 5. The first kappa shape index (κ1) is 13.9. The molecule has 102 valence electrons. The third-order valence-corrected chi connectivity index (χ3v) is 3.43. The smallest absolute Gasteiger partial charge is 0.105 e. The molecule has 1 unspecified atom stereocenters. The van der Waals surface area contributed by atoms with E-state index in [0.29, 0.717) is 5.92 Å². The minimum absolute atomic E-state index is 0.200. The first-order chi connectivity index (χ1) is 9.11. The van der Waals surface area contributed by atoms with Crippen LogP contribution in [0.4, 0.5) is 0 Å². The average Bonchev–Trinajstić information content (AvgIpc) is 2.77. The van der Waals surface area contributed by atoms with E-state index in [1.54, 1.807) is 6.26 Å². The van der Waals surface area contributed by atoms with Gasteiger partial charge in [-0.1, -0.05) is 38.1 Å². The maximum Gasteiger partial charge on any atom is 0.105 e. The van der Waals surface area contributed by atoms with Crippen molar-refractivity contribution in [1.82, 2.24) is 5.32 Å². The summed E-state index contributed by atoms with van der Waals surface area (Å²) in [4.78, 5) is 0. The van der Waals surface area contributed by atoms with Crippen LogP contribution < -0.4 is 5.32 Å². The molecule has 0 aliphatic heterocycles. The number of furan rings is 1. The van der Waals surface area contributed by atoms with Crippen LogP contribution in [0.5, 0.6) is 0 Å². The van der Waals surface area contributed by atoms with Crippen molar-refractivity contribution in [3.05, 3.63) is 59.0 Å². The molecule has 0 saturated heterocycles. The van der Waals surface area contributed by atoms with Gasteiger partial charge in [0, 0.05) is 5.56 Å². The predicted molar refractivity (Wildman–Crippen MR) is 79.3 cm³/mol. The molecule has 0 spiro atoms. The monoisotopic (exact) mass is 257 g/mol. The van der Waals surface area contributed by atoms with Gasteiger partial charge >= 0.3 is 0 Å². The van der Waals surface area contributed by atoms with Crippen LogP contribution in [0, 0.1) is 12.8 Å². The molecule has 0 amide bonds. The number of hydrogen-bond donors (Lipinski definition) is 1. The van der Waals surface area contributed by atoms with Crippen LogP contribution in [0.2, 0.25) is 0 Å². The maximum atomic E-state index is 5.42. The SMILES string of the molecule is CNC(c1cccc(CC(C)C)c1)c1ccoc1C. The van der Waals surface area contributed by atoms with Gasteiger partial charge < -0.3 is 9.73 Å². The van der Waals surface area contributed by atoms with Crippen molar-refractivity contribution in [3.63, 3.8) is 0 Å². The van der Waals surface area contributed by atoms with Crippen molar-refractivity contribution in [2.45, 2.75) is 33.2 Å². The van der Waals surface area contributed by atoms with Crippen molar-refractivity contribution < 1.29 is 4.42 Å². The average molecular weight is 257 g/mol. The summed E-state index contributed by atoms with van der Waals surface area (Å²) in [6, 6.07) is 11.1. The number of hydrogen-bond acceptors (Lipinski definition) is 2. The summed E-state index contributed by atoms with van der Waals surface area (Å²) in [5.41, 5.74) is 3.91. The molecule has 19 heavy (non-hydrogen) atoms. The van der Waals surface area contributed by atoms with Crippen molar-refractivity contribution >= 4 is 0 Å². The highest BCUT2D eigenvalue weighted by atomic mass is 16.3. The van der Waals surface area contributed by atoms with E-state index in [2.05, 4.69) is 43.4 Å². The van der Waals surface area contributed by atoms with Crippen LogP contribution in [0.25, 0.3) is 0 Å². The lowest BCUT2D eigenvalue weighted by atomic mass is 9.95. The Morgan fingerprint density at radius 3 is 2.58 bits per heavy atom. The van der Waals surface area contributed by atoms with E-state index in [1.165, 1.54) is 16.7 Å². The maximum absolute atomic E-state index is 5.42. The topological polar surface area (TPSA) is 25.2 Å². The summed E-state index contributed by atoms with van der Waals surface area (Å²) >= 11 is 0. The summed E-state index contributed by atoms with van der Waals surface area (Å²) in [7, 11) is 1.99. The molecular weight excluding hydrogens is 234 g/mol. The Balaban J connectivity index is 2.31. The van der Waals surface area contributed by atoms with E-state index in [9.17, 15) is 0 Å². The highest BCUT2D eigenvalue weighted by Crippen LogP contribution is 2.26. The van der Waals surface area contributed by atoms with Crippen LogP contribution >= 0.6 is 0 Å². The van der Waals surface area contributed by atoms with Crippen molar-refractivity contribution in [1.29, 1.82) is 0 Å². The largest absolute Gasteiger partial charge is 0.469 e. The molecule has 1 N–H and O–H groups in total. The van der Waals surface area contributed by atoms with E-state index in [1.807, 2.05) is 20.0 Å². The second-order valence-electron chi connectivity index (χ2n) is 5.50. The normalized spacial score (nSPS) is 12.9. The van der Waals surface area contributed by atoms with Crippen molar-refractivity contribution in [3.8, 4) is 0 Å². The third kappa shape index (κ3) is 3.27. The highest BCUT2D eigenvalue weighted by molar-refractivity contribution is 5.35. The lowest BCUT2D eigenvalue weighted by molar-refractivity contribution is 0.523. The van der Waals surface area contributed by atoms with Crippen LogP contribution in [0.3, 0.4) is 0 Å². The molecule has 1 aromatic heterocycles. The van der Waals surface area contributed by atoms with Gasteiger partial charge in [-0.2, -0.15) is 0 Å². The second kappa shape index (κ2) is 6.07. The first-order valence-corrected chi connectivity index (χ1v) is 6.92. The Bertz CT molecular complexity index is 528. The van der Waals surface area contributed by atoms with Crippen LogP contribution in [0.15, 0.2) is 41.0 Å². The minimum Gasteiger partial charge on any atom is -0.469 e. The van der Waals surface area contributed by atoms with Crippen LogP contribution in [-0.4, -0.2) is 7.05 Å². The van der Waals surface area contributed by atoms with Crippen LogP contribution in [0.1, 0.15) is 42.3 Å². The Labute approximate surface area is 115 Å². The first-order valence-electron chi connectivity index (χ1n) is 6.92. The minimum atomic E-state index is 0.200. The molecular formula is C17H23NO. The fraction of sp³-hybridized carbons (Fsp3) is 0.412. The van der Waals surface area contributed by atoms with Gasteiger partial charge in [-0.15, -0.1) is 0 Å². The molecule has 0 radical (unpaired) electrons. The van der Waals surface area contributed by atoms with Gasteiger partial charge in [0.05, 0.1) is 12.3 Å². The fourth-order valence-corrected chi connectivity index (χ4v) is 2.57. The molecule has 0 aliphatic rings. The lowest BCUT2D eigenvalue weighted by Crippen LogP contribution is -2.18. The van der Waals surface area contributed by atoms with Crippen LogP contribution in [-0.2, 0) is 6.42 Å². The quantitative estimate of drug-likeness (QED) is 0.872. The molecule has 1 heterocycles. The number of benzene rings is 1. The van der Waals surface area contributed by atoms with Gasteiger partial charge in [0.2, 0.25) is 0 Å². The van der Waals surface area contributed by atoms with Gasteiger partial charge in [0.25, 0.3) is 0 Å². The summed E-state index contributed by atoms with van der Waals surface area (Å²) in [6.07, 6.45) is 2.88. The molecule has 1 atom stereocenters. The molecule has 0 aliphatic carbocycles. The van der Waals surface area contributed by atoms with Crippen molar-refractivity contribution in [2.24, 2.45) is 5.92 Å². The molecule has 1 aromatic carbocycles. The zero-order chi connectivity index (χ0) is 13.8. The zero-order valence-electron chi connectivity index (χ0n) is 12.2. The highest BCUT2D eigenvalue weighted by Gasteiger charge is 2.16. The molecule has 0 bridgehead atoms. The van der Waals surface area contributed by atoms with E-state index in [4.69, 9.17) is 4.42 Å². The predicted octanol–water partition coefficient (Wildman–Crippen LogP) is 4.10. The number of aryl methyl sites for hydroxylation is 1. The second-order valence-corrected chi connectivity index (χ2v) is 5.50. The zero-order valence-corrected chi connectivity index (χ0v) is 12.2. The third-order valence-electron chi connectivity index (χ3n) is 3.43. The molecule has 0 fully saturated rings. The summed E-state index contributed by atoms with van der Waals surface area (Å²) in [6.45, 7) is 6.52. The summed E-state index contributed by atoms with van der Waals surface area (Å²) < 4.78 is 5.42. The Hall–Kier alpha value is -1.54. The fourth-order valence-electron chi connectivity index (χ4n) is 2.57. The van der Waals surface area contributed by atoms with Gasteiger partial charge in [-0.25, -0.2) is 0 Å². The van der Waals surface area contributed by atoms with E-state index in [0.717, 1.165) is 12.2 Å². The standard InChI is InChI=1S/C17H23NO/c1-12(2)10-14-6-5-7-15(11-14)17(18-4)16-8-9-19-13(16)3/h5-9,11-12,17-18H,10H2,1-4H3. The summed E-state index contributed by atoms with van der Waals surface area (Å²) in [5.74, 6) is 1.66. The Kier molecular flexibility index (Phi) is 4.43. The lowest BCUT2D eigenvalue weighted by Gasteiger charge is -2.17. The van der Waals surface area contributed by atoms with Gasteiger partial charge in [0.1, 0.15) is 5.76 Å². The Morgan fingerprint density at radius 1 is 1.21 bits per heavy atom. The van der Waals surface area contributed by atoms with Gasteiger partial charge in [0.15, 0.2) is 0 Å². The van der Waals surface area contributed by atoms with Crippen molar-refractivity contribution in [2.75, 3.05) is 7.05 Å². The molecule has 2 aromatic rings. The number of nitrogens with one attached hydrogen (secondary N) is 1. The molecule has 2 heteroatoms. The summed E-state index contributed by atoms with van der Waals surface area (Å²) in [5, 5.41) is 3.38. The van der Waals surface area contributed by atoms with Gasteiger partial charge in [-0.3, -0.25) is 0 Å². The molecule has 2 rings (SSSR count). The Morgan fingerprint density at radius 2 is 2.00 bits per heavy atom. The van der Waals surface area contributed by atoms with E-state index < -0.39 is 0 Å². The molecule has 0 saturated carbocycles. The van der Waals surface area contributed by atoms with Gasteiger partial charge in [-0.05, 0) is 43.5 Å². The van der Waals surface area contributed by atoms with E-state index in [-0.39, 0.29) is 6.04 Å². The molecule has 2 nitrogen and oxygen atoms in total.